The van der Waals surface area contributed by atoms with E-state index in [1.54, 1.807) is 11.9 Å². The van der Waals surface area contributed by atoms with Gasteiger partial charge in [0.2, 0.25) is 0 Å². The van der Waals surface area contributed by atoms with Gasteiger partial charge in [-0.1, -0.05) is 0 Å². The highest BCUT2D eigenvalue weighted by molar-refractivity contribution is 5.84. The van der Waals surface area contributed by atoms with Gasteiger partial charge in [-0.15, -0.1) is 0 Å². The summed E-state index contributed by atoms with van der Waals surface area (Å²) < 4.78 is 0. The van der Waals surface area contributed by atoms with Crippen molar-refractivity contribution in [3.05, 3.63) is 0 Å². The lowest BCUT2D eigenvalue weighted by atomic mass is 10.6. The minimum atomic E-state index is -0.844. The molecule has 0 radical (unpaired) electrons. The molecule has 0 bridgehead atoms. The Morgan fingerprint density at radius 3 is 3.09 bits per heavy atom. The second-order valence-corrected chi connectivity index (χ2v) is 2.38. The van der Waals surface area contributed by atoms with Crippen LogP contribution in [0.15, 0.2) is 4.99 Å². The summed E-state index contributed by atoms with van der Waals surface area (Å²) in [5.41, 5.74) is 0. The number of hydrogen-bond acceptors (Lipinski definition) is 4. The molecule has 0 aromatic carbocycles. The maximum Gasteiger partial charge on any atom is 0.323 e. The smallest absolute Gasteiger partial charge is 0.323 e. The molecule has 62 valence electrons. The Balaban J connectivity index is 2.40. The second-order valence-electron chi connectivity index (χ2n) is 2.38. The van der Waals surface area contributed by atoms with Gasteiger partial charge in [0.25, 0.3) is 0 Å². The molecule has 1 aliphatic rings. The number of carboxylic acids is 1. The monoisotopic (exact) mass is 157 g/mol. The molecule has 1 aliphatic heterocycles. The molecular weight excluding hydrogens is 146 g/mol. The third-order valence-electron chi connectivity index (χ3n) is 1.39. The van der Waals surface area contributed by atoms with Crippen molar-refractivity contribution in [3.8, 4) is 0 Å². The van der Waals surface area contributed by atoms with Crippen molar-refractivity contribution in [1.29, 1.82) is 0 Å². The first kappa shape index (κ1) is 7.84. The molecule has 1 rings (SSSR count). The Labute approximate surface area is 64.7 Å². The summed E-state index contributed by atoms with van der Waals surface area (Å²) in [6.07, 6.45) is 0. The standard InChI is InChI=1S/C6H11N3O2/c1-9(4-5(10)11)6-7-2-3-8-6/h2-4H2,1H3,(H,7,8)(H,10,11). The first-order valence-electron chi connectivity index (χ1n) is 3.41. The van der Waals surface area contributed by atoms with Crippen molar-refractivity contribution in [2.75, 3.05) is 26.7 Å². The normalized spacial score (nSPS) is 15.5. The summed E-state index contributed by atoms with van der Waals surface area (Å²) in [7, 11) is 1.70. The van der Waals surface area contributed by atoms with Crippen LogP contribution in [-0.4, -0.2) is 48.6 Å². The Hall–Kier alpha value is -1.26. The lowest BCUT2D eigenvalue weighted by Gasteiger charge is -2.15. The maximum absolute atomic E-state index is 10.2. The van der Waals surface area contributed by atoms with E-state index in [1.165, 1.54) is 0 Å². The number of guanidine groups is 1. The molecule has 0 amide bonds. The highest BCUT2D eigenvalue weighted by Gasteiger charge is 2.12. The van der Waals surface area contributed by atoms with Crippen molar-refractivity contribution >= 4 is 11.9 Å². The minimum Gasteiger partial charge on any atom is -0.480 e. The number of aliphatic carboxylic acids is 1. The Bertz CT molecular complexity index is 190. The molecule has 11 heavy (non-hydrogen) atoms. The molecule has 5 nitrogen and oxygen atoms in total. The van der Waals surface area contributed by atoms with Crippen LogP contribution in [0.4, 0.5) is 0 Å². The van der Waals surface area contributed by atoms with Gasteiger partial charge in [-0.05, 0) is 0 Å². The molecule has 0 saturated heterocycles. The van der Waals surface area contributed by atoms with Crippen LogP contribution in [0.25, 0.3) is 0 Å². The van der Waals surface area contributed by atoms with Gasteiger partial charge in [0.05, 0.1) is 6.54 Å². The van der Waals surface area contributed by atoms with Gasteiger partial charge in [-0.3, -0.25) is 9.79 Å². The number of carbonyl (C=O) groups is 1. The number of rotatable bonds is 2. The second kappa shape index (κ2) is 3.23. The third-order valence-corrected chi connectivity index (χ3v) is 1.39. The van der Waals surface area contributed by atoms with Crippen LogP contribution in [0.2, 0.25) is 0 Å². The average Bonchev–Trinajstić information content (AvgIpc) is 2.35. The molecule has 0 spiro atoms. The molecule has 2 N–H and O–H groups in total. The number of nitrogens with zero attached hydrogens (tertiary/aromatic N) is 2. The summed E-state index contributed by atoms with van der Waals surface area (Å²) in [6, 6.07) is 0. The summed E-state index contributed by atoms with van der Waals surface area (Å²) in [5.74, 6) is -0.170. The highest BCUT2D eigenvalue weighted by Crippen LogP contribution is 1.90. The fourth-order valence-electron chi connectivity index (χ4n) is 0.919. The zero-order chi connectivity index (χ0) is 8.27. The van der Waals surface area contributed by atoms with Gasteiger partial charge >= 0.3 is 5.97 Å². The van der Waals surface area contributed by atoms with Crippen LogP contribution in [0, 0.1) is 0 Å². The minimum absolute atomic E-state index is 0.00810. The van der Waals surface area contributed by atoms with Gasteiger partial charge in [-0.25, -0.2) is 0 Å². The van der Waals surface area contributed by atoms with Crippen molar-refractivity contribution < 1.29 is 9.90 Å². The summed E-state index contributed by atoms with van der Waals surface area (Å²) in [5, 5.41) is 11.4. The molecule has 1 heterocycles. The fourth-order valence-corrected chi connectivity index (χ4v) is 0.919. The first-order valence-corrected chi connectivity index (χ1v) is 3.41. The molecule has 0 fully saturated rings. The Morgan fingerprint density at radius 2 is 2.64 bits per heavy atom. The highest BCUT2D eigenvalue weighted by atomic mass is 16.4. The summed E-state index contributed by atoms with van der Waals surface area (Å²) in [4.78, 5) is 15.9. The molecule has 0 aromatic rings. The van der Waals surface area contributed by atoms with E-state index >= 15 is 0 Å². The number of aliphatic imine (C=N–C) groups is 1. The van der Waals surface area contributed by atoms with E-state index in [0.29, 0.717) is 5.96 Å². The molecular formula is C6H11N3O2. The molecule has 5 heteroatoms. The van der Waals surface area contributed by atoms with Gasteiger partial charge < -0.3 is 15.3 Å². The number of hydrogen-bond donors (Lipinski definition) is 2. The maximum atomic E-state index is 10.2. The summed E-state index contributed by atoms with van der Waals surface area (Å²) in [6.45, 7) is 1.53. The van der Waals surface area contributed by atoms with Gasteiger partial charge in [0.15, 0.2) is 5.96 Å². The van der Waals surface area contributed by atoms with Crippen molar-refractivity contribution in [1.82, 2.24) is 10.2 Å². The van der Waals surface area contributed by atoms with Gasteiger partial charge in [-0.2, -0.15) is 0 Å². The zero-order valence-corrected chi connectivity index (χ0v) is 6.37. The average molecular weight is 157 g/mol. The quantitative estimate of drug-likeness (QED) is 0.537. The van der Waals surface area contributed by atoms with E-state index in [4.69, 9.17) is 5.11 Å². The number of likely N-dealkylation sites (N-methyl/N-ethyl adjacent to an activating group) is 1. The van der Waals surface area contributed by atoms with Gasteiger partial charge in [0, 0.05) is 13.6 Å². The third kappa shape index (κ3) is 2.10. The van der Waals surface area contributed by atoms with E-state index in [0.717, 1.165) is 13.1 Å². The van der Waals surface area contributed by atoms with Crippen molar-refractivity contribution in [2.24, 2.45) is 4.99 Å². The van der Waals surface area contributed by atoms with Crippen LogP contribution in [0.1, 0.15) is 0 Å². The van der Waals surface area contributed by atoms with E-state index in [1.807, 2.05) is 0 Å². The van der Waals surface area contributed by atoms with Crippen LogP contribution < -0.4 is 5.32 Å². The Morgan fingerprint density at radius 1 is 1.91 bits per heavy atom. The van der Waals surface area contributed by atoms with E-state index in [2.05, 4.69) is 10.3 Å². The van der Waals surface area contributed by atoms with E-state index < -0.39 is 5.97 Å². The fraction of sp³-hybridized carbons (Fsp3) is 0.667. The predicted octanol–water partition coefficient (Wildman–Crippen LogP) is -1.04. The Kier molecular flexibility index (Phi) is 2.30. The summed E-state index contributed by atoms with van der Waals surface area (Å²) >= 11 is 0. The topological polar surface area (TPSA) is 64.9 Å². The van der Waals surface area contributed by atoms with E-state index in [-0.39, 0.29) is 6.54 Å². The zero-order valence-electron chi connectivity index (χ0n) is 6.37. The lowest BCUT2D eigenvalue weighted by Crippen LogP contribution is -2.38. The molecule has 0 atom stereocenters. The van der Waals surface area contributed by atoms with Crippen LogP contribution in [0.3, 0.4) is 0 Å². The lowest BCUT2D eigenvalue weighted by molar-refractivity contribution is -0.137. The van der Waals surface area contributed by atoms with Crippen LogP contribution >= 0.6 is 0 Å². The van der Waals surface area contributed by atoms with Crippen LogP contribution in [0.5, 0.6) is 0 Å². The molecule has 0 aromatic heterocycles. The van der Waals surface area contributed by atoms with Crippen molar-refractivity contribution in [2.45, 2.75) is 0 Å². The molecule has 0 saturated carbocycles. The van der Waals surface area contributed by atoms with Gasteiger partial charge in [0.1, 0.15) is 6.54 Å². The van der Waals surface area contributed by atoms with Crippen molar-refractivity contribution in [3.63, 3.8) is 0 Å². The van der Waals surface area contributed by atoms with E-state index in [9.17, 15) is 4.79 Å². The SMILES string of the molecule is CN(CC(=O)O)C1=NCCN1. The van der Waals surface area contributed by atoms with Crippen LogP contribution in [-0.2, 0) is 4.79 Å². The largest absolute Gasteiger partial charge is 0.480 e. The molecule has 0 unspecified atom stereocenters. The number of nitrogens with one attached hydrogen (secondary N) is 1. The molecule has 0 aliphatic carbocycles. The first-order chi connectivity index (χ1) is 5.20. The predicted molar refractivity (Wildman–Crippen MR) is 40.6 cm³/mol. The number of carboxylic acid groups (broad SMARTS) is 1.